The van der Waals surface area contributed by atoms with E-state index in [2.05, 4.69) is 5.32 Å². The molecule has 0 saturated carbocycles. The van der Waals surface area contributed by atoms with Gasteiger partial charge >= 0.3 is 5.97 Å². The zero-order chi connectivity index (χ0) is 14.8. The van der Waals surface area contributed by atoms with E-state index < -0.39 is 23.3 Å². The maximum absolute atomic E-state index is 12.1. The van der Waals surface area contributed by atoms with Crippen molar-refractivity contribution >= 4 is 23.5 Å². The van der Waals surface area contributed by atoms with Gasteiger partial charge in [0.15, 0.2) is 0 Å². The number of carboxylic acid groups (broad SMARTS) is 1. The van der Waals surface area contributed by atoms with Gasteiger partial charge in [-0.1, -0.05) is 32.4 Å². The number of hydrogen-bond acceptors (Lipinski definition) is 2. The third kappa shape index (κ3) is 3.96. The van der Waals surface area contributed by atoms with Gasteiger partial charge in [-0.25, -0.2) is 4.79 Å². The van der Waals surface area contributed by atoms with Crippen molar-refractivity contribution in [3.05, 3.63) is 34.3 Å². The Hall–Kier alpha value is -1.55. The quantitative estimate of drug-likeness (QED) is 0.896. The van der Waals surface area contributed by atoms with Crippen LogP contribution in [0.4, 0.5) is 0 Å². The van der Waals surface area contributed by atoms with Crippen molar-refractivity contribution in [3.8, 4) is 0 Å². The van der Waals surface area contributed by atoms with Crippen LogP contribution in [0, 0.1) is 12.3 Å². The summed E-state index contributed by atoms with van der Waals surface area (Å²) in [6.07, 6.45) is 0. The molecule has 0 aliphatic rings. The molecule has 0 fully saturated rings. The Morgan fingerprint density at radius 2 is 1.89 bits per heavy atom. The average Bonchev–Trinajstić information content (AvgIpc) is 2.23. The number of amides is 1. The van der Waals surface area contributed by atoms with E-state index in [1.165, 1.54) is 0 Å². The zero-order valence-electron chi connectivity index (χ0n) is 11.5. The highest BCUT2D eigenvalue weighted by Gasteiger charge is 2.32. The molecule has 0 bridgehead atoms. The van der Waals surface area contributed by atoms with Crippen LogP contribution in [-0.2, 0) is 4.79 Å². The molecule has 4 nitrogen and oxygen atoms in total. The Bertz CT molecular complexity index is 506. The summed E-state index contributed by atoms with van der Waals surface area (Å²) in [6, 6.07) is 3.92. The van der Waals surface area contributed by atoms with E-state index in [0.29, 0.717) is 16.1 Å². The molecule has 1 aromatic carbocycles. The van der Waals surface area contributed by atoms with Crippen LogP contribution in [0.15, 0.2) is 18.2 Å². The van der Waals surface area contributed by atoms with Crippen molar-refractivity contribution in [2.75, 3.05) is 0 Å². The molecule has 104 valence electrons. The van der Waals surface area contributed by atoms with Gasteiger partial charge in [-0.15, -0.1) is 0 Å². The second kappa shape index (κ2) is 5.61. The first-order valence-corrected chi connectivity index (χ1v) is 6.30. The highest BCUT2D eigenvalue weighted by atomic mass is 35.5. The fraction of sp³-hybridized carbons (Fsp3) is 0.429. The van der Waals surface area contributed by atoms with E-state index in [-0.39, 0.29) is 0 Å². The highest BCUT2D eigenvalue weighted by Crippen LogP contribution is 2.21. The molecule has 0 unspecified atom stereocenters. The SMILES string of the molecule is Cc1cc(Cl)ccc1C(=O)N[C@H](C(=O)O)C(C)(C)C. The van der Waals surface area contributed by atoms with Gasteiger partial charge in [-0.3, -0.25) is 4.79 Å². The first kappa shape index (κ1) is 15.5. The van der Waals surface area contributed by atoms with E-state index in [9.17, 15) is 14.7 Å². The van der Waals surface area contributed by atoms with Crippen molar-refractivity contribution in [3.63, 3.8) is 0 Å². The van der Waals surface area contributed by atoms with Crippen LogP contribution in [0.1, 0.15) is 36.7 Å². The molecule has 2 N–H and O–H groups in total. The molecule has 0 aromatic heterocycles. The molecule has 1 atom stereocenters. The minimum atomic E-state index is -1.05. The summed E-state index contributed by atoms with van der Waals surface area (Å²) >= 11 is 5.82. The predicted octanol–water partition coefficient (Wildman–Crippen LogP) is 2.88. The predicted molar refractivity (Wildman–Crippen MR) is 74.5 cm³/mol. The van der Waals surface area contributed by atoms with Crippen LogP contribution in [0.25, 0.3) is 0 Å². The Balaban J connectivity index is 2.98. The summed E-state index contributed by atoms with van der Waals surface area (Å²) in [5.74, 6) is -1.45. The van der Waals surface area contributed by atoms with Crippen molar-refractivity contribution in [1.29, 1.82) is 0 Å². The van der Waals surface area contributed by atoms with Crippen LogP contribution in [-0.4, -0.2) is 23.0 Å². The number of nitrogens with one attached hydrogen (secondary N) is 1. The summed E-state index contributed by atoms with van der Waals surface area (Å²) < 4.78 is 0. The third-order valence-electron chi connectivity index (χ3n) is 2.82. The molecule has 19 heavy (non-hydrogen) atoms. The van der Waals surface area contributed by atoms with Gasteiger partial charge < -0.3 is 10.4 Å². The number of carbonyl (C=O) groups excluding carboxylic acids is 1. The number of aliphatic carboxylic acids is 1. The number of aryl methyl sites for hydroxylation is 1. The molecule has 0 saturated heterocycles. The molecule has 1 amide bonds. The lowest BCUT2D eigenvalue weighted by molar-refractivity contribution is -0.142. The van der Waals surface area contributed by atoms with Crippen LogP contribution < -0.4 is 5.32 Å². The number of halogens is 1. The van der Waals surface area contributed by atoms with Gasteiger partial charge in [-0.05, 0) is 36.1 Å². The Morgan fingerprint density at radius 3 is 2.32 bits per heavy atom. The van der Waals surface area contributed by atoms with Crippen molar-refractivity contribution in [2.45, 2.75) is 33.7 Å². The zero-order valence-corrected chi connectivity index (χ0v) is 12.2. The van der Waals surface area contributed by atoms with Crippen LogP contribution in [0.3, 0.4) is 0 Å². The topological polar surface area (TPSA) is 66.4 Å². The molecule has 0 aliphatic heterocycles. The largest absolute Gasteiger partial charge is 0.480 e. The summed E-state index contributed by atoms with van der Waals surface area (Å²) in [5, 5.41) is 12.3. The van der Waals surface area contributed by atoms with E-state index in [4.69, 9.17) is 11.6 Å². The molecule has 0 radical (unpaired) electrons. The smallest absolute Gasteiger partial charge is 0.326 e. The maximum Gasteiger partial charge on any atom is 0.326 e. The van der Waals surface area contributed by atoms with Gasteiger partial charge in [-0.2, -0.15) is 0 Å². The van der Waals surface area contributed by atoms with Gasteiger partial charge in [0.2, 0.25) is 0 Å². The molecular formula is C14H18ClNO3. The van der Waals surface area contributed by atoms with Crippen molar-refractivity contribution in [1.82, 2.24) is 5.32 Å². The van der Waals surface area contributed by atoms with Crippen LogP contribution in [0.5, 0.6) is 0 Å². The minimum absolute atomic E-state index is 0.406. The molecule has 1 rings (SSSR count). The molecule has 1 aromatic rings. The number of carbonyl (C=O) groups is 2. The maximum atomic E-state index is 12.1. The summed E-state index contributed by atoms with van der Waals surface area (Å²) in [5.41, 5.74) is 0.574. The Labute approximate surface area is 117 Å². The average molecular weight is 284 g/mol. The first-order valence-electron chi connectivity index (χ1n) is 5.92. The number of benzene rings is 1. The minimum Gasteiger partial charge on any atom is -0.480 e. The number of hydrogen-bond donors (Lipinski definition) is 2. The van der Waals surface area contributed by atoms with Gasteiger partial charge in [0.25, 0.3) is 5.91 Å². The molecule has 0 aliphatic carbocycles. The third-order valence-corrected chi connectivity index (χ3v) is 3.06. The standard InChI is InChI=1S/C14H18ClNO3/c1-8-7-9(15)5-6-10(8)12(17)16-11(13(18)19)14(2,3)4/h5-7,11H,1-4H3,(H,16,17)(H,18,19)/t11-/m1/s1. The van der Waals surface area contributed by atoms with Gasteiger partial charge in [0.1, 0.15) is 6.04 Å². The first-order chi connectivity index (χ1) is 8.62. The van der Waals surface area contributed by atoms with Crippen LogP contribution >= 0.6 is 11.6 Å². The lowest BCUT2D eigenvalue weighted by Crippen LogP contribution is -2.49. The molecule has 0 spiro atoms. The van der Waals surface area contributed by atoms with E-state index in [1.807, 2.05) is 0 Å². The second-order valence-corrected chi connectivity index (χ2v) is 6.01. The molecular weight excluding hydrogens is 266 g/mol. The number of rotatable bonds is 3. The lowest BCUT2D eigenvalue weighted by atomic mass is 9.86. The van der Waals surface area contributed by atoms with Gasteiger partial charge in [0.05, 0.1) is 0 Å². The van der Waals surface area contributed by atoms with Crippen LogP contribution in [0.2, 0.25) is 5.02 Å². The van der Waals surface area contributed by atoms with Crippen molar-refractivity contribution < 1.29 is 14.7 Å². The monoisotopic (exact) mass is 283 g/mol. The fourth-order valence-corrected chi connectivity index (χ4v) is 1.97. The Kier molecular flexibility index (Phi) is 4.58. The summed E-state index contributed by atoms with van der Waals surface area (Å²) in [7, 11) is 0. The summed E-state index contributed by atoms with van der Waals surface area (Å²) in [6.45, 7) is 7.05. The Morgan fingerprint density at radius 1 is 1.32 bits per heavy atom. The lowest BCUT2D eigenvalue weighted by Gasteiger charge is -2.28. The number of carboxylic acids is 1. The van der Waals surface area contributed by atoms with E-state index >= 15 is 0 Å². The molecule has 5 heteroatoms. The highest BCUT2D eigenvalue weighted by molar-refractivity contribution is 6.30. The van der Waals surface area contributed by atoms with E-state index in [1.54, 1.807) is 45.9 Å². The summed E-state index contributed by atoms with van der Waals surface area (Å²) in [4.78, 5) is 23.3. The van der Waals surface area contributed by atoms with E-state index in [0.717, 1.165) is 0 Å². The normalized spacial score (nSPS) is 12.9. The second-order valence-electron chi connectivity index (χ2n) is 5.57. The fourth-order valence-electron chi connectivity index (χ4n) is 1.74. The molecule has 0 heterocycles. The van der Waals surface area contributed by atoms with Gasteiger partial charge in [0, 0.05) is 10.6 Å². The van der Waals surface area contributed by atoms with Crippen molar-refractivity contribution in [2.24, 2.45) is 5.41 Å².